The van der Waals surface area contributed by atoms with Crippen molar-refractivity contribution in [2.24, 2.45) is 5.73 Å². The van der Waals surface area contributed by atoms with Gasteiger partial charge in [0.15, 0.2) is 0 Å². The molecule has 1 fully saturated rings. The van der Waals surface area contributed by atoms with Crippen LogP contribution in [0.5, 0.6) is 0 Å². The van der Waals surface area contributed by atoms with Crippen molar-refractivity contribution in [3.63, 3.8) is 0 Å². The monoisotopic (exact) mass is 115 g/mol. The van der Waals surface area contributed by atoms with Gasteiger partial charge in [0.2, 0.25) is 0 Å². The number of hydrogen-bond donors (Lipinski definition) is 2. The van der Waals surface area contributed by atoms with Crippen molar-refractivity contribution in [2.75, 3.05) is 7.05 Å². The minimum absolute atomic E-state index is 0.213. The predicted octanol–water partition coefficient (Wildman–Crippen LogP) is -0.500. The van der Waals surface area contributed by atoms with Crippen LogP contribution >= 0.6 is 0 Å². The van der Waals surface area contributed by atoms with Crippen molar-refractivity contribution in [3.8, 4) is 0 Å². The molecule has 1 aliphatic heterocycles. The molecule has 0 aromatic heterocycles. The van der Waals surface area contributed by atoms with Crippen molar-refractivity contribution < 1.29 is 0 Å². The molecular formula is C5H13N3. The summed E-state index contributed by atoms with van der Waals surface area (Å²) >= 11 is 0. The average Bonchev–Trinajstić information content (AvgIpc) is 1.85. The second kappa shape index (κ2) is 2.01. The molecule has 3 N–H and O–H groups in total. The maximum absolute atomic E-state index is 5.63. The quantitative estimate of drug-likeness (QED) is 0.447. The number of nitrogens with one attached hydrogen (secondary N) is 1. The second-order valence-corrected chi connectivity index (χ2v) is 2.44. The van der Waals surface area contributed by atoms with E-state index in [0.29, 0.717) is 6.04 Å². The Morgan fingerprint density at radius 2 is 2.38 bits per heavy atom. The SMILES string of the molecule is CC1CC(N)N(C)N1. The Morgan fingerprint density at radius 1 is 1.75 bits per heavy atom. The zero-order chi connectivity index (χ0) is 6.15. The topological polar surface area (TPSA) is 41.3 Å². The number of hydrogen-bond acceptors (Lipinski definition) is 3. The normalized spacial score (nSPS) is 40.9. The summed E-state index contributed by atoms with van der Waals surface area (Å²) in [7, 11) is 1.97. The molecule has 48 valence electrons. The van der Waals surface area contributed by atoms with Crippen LogP contribution < -0.4 is 11.2 Å². The number of nitrogens with two attached hydrogens (primary N) is 1. The van der Waals surface area contributed by atoms with Gasteiger partial charge in [0.25, 0.3) is 0 Å². The Kier molecular flexibility index (Phi) is 1.51. The molecule has 1 heterocycles. The minimum atomic E-state index is 0.213. The Balaban J connectivity index is 2.39. The van der Waals surface area contributed by atoms with E-state index in [1.807, 2.05) is 12.1 Å². The van der Waals surface area contributed by atoms with Crippen LogP contribution in [-0.4, -0.2) is 24.3 Å². The lowest BCUT2D eigenvalue weighted by Gasteiger charge is -2.12. The van der Waals surface area contributed by atoms with E-state index in [1.165, 1.54) is 0 Å². The van der Waals surface area contributed by atoms with Crippen LogP contribution in [0.25, 0.3) is 0 Å². The van der Waals surface area contributed by atoms with Gasteiger partial charge < -0.3 is 5.73 Å². The van der Waals surface area contributed by atoms with Gasteiger partial charge in [0.1, 0.15) is 0 Å². The minimum Gasteiger partial charge on any atom is -0.315 e. The lowest BCUT2D eigenvalue weighted by atomic mass is 10.2. The van der Waals surface area contributed by atoms with Crippen LogP contribution in [-0.2, 0) is 0 Å². The van der Waals surface area contributed by atoms with Crippen LogP contribution in [0.15, 0.2) is 0 Å². The molecule has 0 aromatic carbocycles. The fourth-order valence-electron chi connectivity index (χ4n) is 1.02. The molecule has 0 amide bonds. The number of hydrazine groups is 1. The highest BCUT2D eigenvalue weighted by Crippen LogP contribution is 2.05. The van der Waals surface area contributed by atoms with Crippen LogP contribution in [0.3, 0.4) is 0 Å². The summed E-state index contributed by atoms with van der Waals surface area (Å²) in [5, 5.41) is 1.95. The molecule has 2 atom stereocenters. The lowest BCUT2D eigenvalue weighted by molar-refractivity contribution is 0.233. The third-order valence-electron chi connectivity index (χ3n) is 1.52. The first-order valence-corrected chi connectivity index (χ1v) is 2.94. The fourth-order valence-corrected chi connectivity index (χ4v) is 1.02. The van der Waals surface area contributed by atoms with E-state index in [0.717, 1.165) is 6.42 Å². The molecule has 3 nitrogen and oxygen atoms in total. The molecule has 3 heteroatoms. The van der Waals surface area contributed by atoms with E-state index >= 15 is 0 Å². The van der Waals surface area contributed by atoms with Crippen molar-refractivity contribution in [2.45, 2.75) is 25.6 Å². The Hall–Kier alpha value is -0.120. The van der Waals surface area contributed by atoms with E-state index in [1.54, 1.807) is 0 Å². The zero-order valence-corrected chi connectivity index (χ0v) is 5.39. The summed E-state index contributed by atoms with van der Waals surface area (Å²) in [6.07, 6.45) is 1.27. The van der Waals surface area contributed by atoms with Crippen LogP contribution in [0.4, 0.5) is 0 Å². The summed E-state index contributed by atoms with van der Waals surface area (Å²) in [5.41, 5.74) is 8.81. The van der Waals surface area contributed by atoms with Gasteiger partial charge in [0.05, 0.1) is 6.17 Å². The summed E-state index contributed by atoms with van der Waals surface area (Å²) < 4.78 is 0. The smallest absolute Gasteiger partial charge is 0.0720 e. The first-order valence-electron chi connectivity index (χ1n) is 2.94. The largest absolute Gasteiger partial charge is 0.315 e. The molecule has 2 unspecified atom stereocenters. The molecule has 8 heavy (non-hydrogen) atoms. The average molecular weight is 115 g/mol. The second-order valence-electron chi connectivity index (χ2n) is 2.44. The molecule has 0 radical (unpaired) electrons. The molecular weight excluding hydrogens is 102 g/mol. The van der Waals surface area contributed by atoms with E-state index in [4.69, 9.17) is 5.73 Å². The van der Waals surface area contributed by atoms with E-state index < -0.39 is 0 Å². The van der Waals surface area contributed by atoms with E-state index in [-0.39, 0.29) is 6.17 Å². The van der Waals surface area contributed by atoms with Gasteiger partial charge in [-0.05, 0) is 13.3 Å². The molecule has 0 saturated carbocycles. The highest BCUT2D eigenvalue weighted by molar-refractivity contribution is 4.74. The maximum Gasteiger partial charge on any atom is 0.0720 e. The standard InChI is InChI=1S/C5H13N3/c1-4-3-5(6)8(2)7-4/h4-5,7H,3,6H2,1-2H3. The van der Waals surface area contributed by atoms with Crippen molar-refractivity contribution >= 4 is 0 Å². The molecule has 0 aromatic rings. The van der Waals surface area contributed by atoms with Gasteiger partial charge in [-0.2, -0.15) is 0 Å². The Labute approximate surface area is 49.8 Å². The van der Waals surface area contributed by atoms with Gasteiger partial charge in [-0.3, -0.25) is 5.43 Å². The molecule has 0 spiro atoms. The van der Waals surface area contributed by atoms with E-state index in [2.05, 4.69) is 12.3 Å². The first kappa shape index (κ1) is 6.01. The molecule has 0 bridgehead atoms. The molecule has 1 rings (SSSR count). The van der Waals surface area contributed by atoms with Crippen LogP contribution in [0, 0.1) is 0 Å². The highest BCUT2D eigenvalue weighted by Gasteiger charge is 2.21. The maximum atomic E-state index is 5.63. The van der Waals surface area contributed by atoms with Crippen LogP contribution in [0.2, 0.25) is 0 Å². The van der Waals surface area contributed by atoms with Crippen molar-refractivity contribution in [1.29, 1.82) is 0 Å². The molecule has 0 aliphatic carbocycles. The zero-order valence-electron chi connectivity index (χ0n) is 5.39. The Bertz CT molecular complexity index is 73.7. The lowest BCUT2D eigenvalue weighted by Crippen LogP contribution is -2.39. The van der Waals surface area contributed by atoms with Gasteiger partial charge >= 0.3 is 0 Å². The van der Waals surface area contributed by atoms with Crippen molar-refractivity contribution in [1.82, 2.24) is 10.4 Å². The number of rotatable bonds is 0. The third kappa shape index (κ3) is 0.992. The van der Waals surface area contributed by atoms with Gasteiger partial charge in [0, 0.05) is 13.1 Å². The predicted molar refractivity (Wildman–Crippen MR) is 33.0 cm³/mol. The molecule has 1 saturated heterocycles. The number of nitrogens with zero attached hydrogens (tertiary/aromatic N) is 1. The van der Waals surface area contributed by atoms with Gasteiger partial charge in [-0.25, -0.2) is 5.01 Å². The first-order chi connectivity index (χ1) is 3.70. The summed E-state index contributed by atoms with van der Waals surface area (Å²) in [4.78, 5) is 0. The summed E-state index contributed by atoms with van der Waals surface area (Å²) in [6, 6.07) is 0.551. The Morgan fingerprint density at radius 3 is 2.50 bits per heavy atom. The third-order valence-corrected chi connectivity index (χ3v) is 1.52. The van der Waals surface area contributed by atoms with E-state index in [9.17, 15) is 0 Å². The fraction of sp³-hybridized carbons (Fsp3) is 1.00. The van der Waals surface area contributed by atoms with Gasteiger partial charge in [-0.1, -0.05) is 0 Å². The highest BCUT2D eigenvalue weighted by atomic mass is 15.6. The van der Waals surface area contributed by atoms with Crippen molar-refractivity contribution in [3.05, 3.63) is 0 Å². The van der Waals surface area contributed by atoms with Gasteiger partial charge in [-0.15, -0.1) is 0 Å². The summed E-state index contributed by atoms with van der Waals surface area (Å²) in [5.74, 6) is 0. The van der Waals surface area contributed by atoms with Crippen LogP contribution in [0.1, 0.15) is 13.3 Å². The molecule has 1 aliphatic rings. The summed E-state index contributed by atoms with van der Waals surface area (Å²) in [6.45, 7) is 2.13.